The van der Waals surface area contributed by atoms with E-state index in [2.05, 4.69) is 4.90 Å². The van der Waals surface area contributed by atoms with Crippen molar-refractivity contribution in [1.29, 1.82) is 0 Å². The summed E-state index contributed by atoms with van der Waals surface area (Å²) < 4.78 is 12.4. The molecule has 7 heteroatoms. The van der Waals surface area contributed by atoms with Gasteiger partial charge in [0.15, 0.2) is 0 Å². The van der Waals surface area contributed by atoms with E-state index in [-0.39, 0.29) is 5.56 Å². The molecule has 0 aliphatic carbocycles. The molecule has 1 aliphatic rings. The van der Waals surface area contributed by atoms with Crippen LogP contribution in [0.3, 0.4) is 0 Å². The van der Waals surface area contributed by atoms with Crippen LogP contribution in [-0.4, -0.2) is 48.5 Å². The number of ether oxygens (including phenoxy) is 2. The van der Waals surface area contributed by atoms with Gasteiger partial charge in [-0.15, -0.1) is 0 Å². The Kier molecular flexibility index (Phi) is 5.58. The minimum Gasteiger partial charge on any atom is -0.495 e. The summed E-state index contributed by atoms with van der Waals surface area (Å²) in [5, 5.41) is 0. The first-order valence-electron chi connectivity index (χ1n) is 8.76. The highest BCUT2D eigenvalue weighted by molar-refractivity contribution is 5.66. The zero-order valence-corrected chi connectivity index (χ0v) is 15.9. The highest BCUT2D eigenvalue weighted by Gasteiger charge is 2.28. The van der Waals surface area contributed by atoms with E-state index < -0.39 is 0 Å². The van der Waals surface area contributed by atoms with E-state index in [4.69, 9.17) is 14.5 Å². The third-order valence-electron chi connectivity index (χ3n) is 4.74. The fourth-order valence-corrected chi connectivity index (χ4v) is 3.19. The molecule has 0 fully saturated rings. The van der Waals surface area contributed by atoms with Gasteiger partial charge in [-0.1, -0.05) is 12.1 Å². The van der Waals surface area contributed by atoms with Crippen molar-refractivity contribution >= 4 is 11.6 Å². The van der Waals surface area contributed by atoms with Gasteiger partial charge >= 0.3 is 0 Å². The molecule has 140 valence electrons. The number of fused-ring (bicyclic) bond motifs is 1. The van der Waals surface area contributed by atoms with Gasteiger partial charge in [0.25, 0.3) is 5.56 Å². The van der Waals surface area contributed by atoms with Crippen LogP contribution in [0.2, 0.25) is 0 Å². The van der Waals surface area contributed by atoms with Crippen molar-refractivity contribution in [2.75, 3.05) is 38.9 Å². The predicted molar refractivity (Wildman–Crippen MR) is 101 cm³/mol. The molecule has 0 atom stereocenters. The van der Waals surface area contributed by atoms with E-state index >= 15 is 0 Å². The van der Waals surface area contributed by atoms with Crippen molar-refractivity contribution in [1.82, 2.24) is 14.5 Å². The molecule has 1 aromatic heterocycles. The second-order valence-electron chi connectivity index (χ2n) is 6.48. The highest BCUT2D eigenvalue weighted by Crippen LogP contribution is 2.34. The summed E-state index contributed by atoms with van der Waals surface area (Å²) >= 11 is 0. The number of methoxy groups -OCH3 is 2. The monoisotopic (exact) mass is 358 g/mol. The number of rotatable bonds is 6. The van der Waals surface area contributed by atoms with Crippen LogP contribution in [0, 0.1) is 13.8 Å². The van der Waals surface area contributed by atoms with Crippen LogP contribution in [0.1, 0.15) is 17.7 Å². The van der Waals surface area contributed by atoms with Crippen molar-refractivity contribution in [3.05, 3.63) is 45.9 Å². The number of benzene rings is 1. The van der Waals surface area contributed by atoms with Gasteiger partial charge in [0.1, 0.15) is 5.75 Å². The summed E-state index contributed by atoms with van der Waals surface area (Å²) in [6.45, 7) is 6.39. The van der Waals surface area contributed by atoms with Crippen LogP contribution in [-0.2, 0) is 11.4 Å². The Hall–Kier alpha value is -2.38. The van der Waals surface area contributed by atoms with Crippen molar-refractivity contribution in [3.63, 3.8) is 0 Å². The van der Waals surface area contributed by atoms with E-state index in [1.54, 1.807) is 18.8 Å². The molecule has 0 unspecified atom stereocenters. The molecule has 1 aliphatic heterocycles. The van der Waals surface area contributed by atoms with Gasteiger partial charge in [-0.25, -0.2) is 4.98 Å². The maximum absolute atomic E-state index is 12.9. The molecule has 3 rings (SSSR count). The van der Waals surface area contributed by atoms with Crippen LogP contribution in [0.5, 0.6) is 5.75 Å². The molecule has 0 bridgehead atoms. The maximum Gasteiger partial charge on any atom is 0.259 e. The lowest BCUT2D eigenvalue weighted by atomic mass is 10.2. The molecule has 2 aromatic rings. The molecule has 0 saturated heterocycles. The van der Waals surface area contributed by atoms with Gasteiger partial charge in [0, 0.05) is 31.5 Å². The zero-order chi connectivity index (χ0) is 18.7. The Bertz CT molecular complexity index is 834. The molecule has 0 saturated carbocycles. The minimum absolute atomic E-state index is 0.00356. The molecule has 0 radical (unpaired) electrons. The van der Waals surface area contributed by atoms with E-state index in [0.29, 0.717) is 31.5 Å². The van der Waals surface area contributed by atoms with E-state index in [1.807, 2.05) is 43.0 Å². The van der Waals surface area contributed by atoms with Gasteiger partial charge < -0.3 is 9.47 Å². The Labute approximate surface area is 153 Å². The number of aromatic nitrogens is 2. The summed E-state index contributed by atoms with van der Waals surface area (Å²) in [6.07, 6.45) is 0.901. The van der Waals surface area contributed by atoms with Crippen LogP contribution < -0.4 is 15.2 Å². The van der Waals surface area contributed by atoms with Gasteiger partial charge in [-0.3, -0.25) is 19.2 Å². The molecule has 7 nitrogen and oxygen atoms in total. The molecular formula is C19H26N4O3. The number of hydrogen-bond donors (Lipinski definition) is 0. The molecule has 26 heavy (non-hydrogen) atoms. The number of anilines is 2. The Morgan fingerprint density at radius 1 is 1.15 bits per heavy atom. The van der Waals surface area contributed by atoms with Crippen molar-refractivity contribution in [2.24, 2.45) is 0 Å². The predicted octanol–water partition coefficient (Wildman–Crippen LogP) is 2.27. The minimum atomic E-state index is 0.00356. The normalized spacial score (nSPS) is 14.4. The SMILES string of the molecule is COCCCN1CN(c2ccccc2OC)c2nc(C)c(C)c(=O)n2C1. The fourth-order valence-electron chi connectivity index (χ4n) is 3.19. The standard InChI is InChI=1S/C19H26N4O3/c1-14-15(2)20-19-22(16-8-5-6-9-17(16)26-4)12-21(10-7-11-25-3)13-23(19)18(14)24/h5-6,8-9H,7,10-13H2,1-4H3. The first-order valence-corrected chi connectivity index (χ1v) is 8.76. The number of nitrogens with zero attached hydrogens (tertiary/aromatic N) is 4. The second kappa shape index (κ2) is 7.88. The van der Waals surface area contributed by atoms with E-state index in [1.165, 1.54) is 0 Å². The van der Waals surface area contributed by atoms with Gasteiger partial charge in [0.2, 0.25) is 5.95 Å². The van der Waals surface area contributed by atoms with Gasteiger partial charge in [-0.05, 0) is 32.4 Å². The number of aryl methyl sites for hydroxylation is 1. The first kappa shape index (κ1) is 18.4. The largest absolute Gasteiger partial charge is 0.495 e. The summed E-state index contributed by atoms with van der Waals surface area (Å²) in [5.74, 6) is 1.41. The lowest BCUT2D eigenvalue weighted by Crippen LogP contribution is -2.48. The van der Waals surface area contributed by atoms with Crippen LogP contribution in [0.4, 0.5) is 11.6 Å². The van der Waals surface area contributed by atoms with Gasteiger partial charge in [-0.2, -0.15) is 0 Å². The molecular weight excluding hydrogens is 332 g/mol. The molecule has 0 N–H and O–H groups in total. The highest BCUT2D eigenvalue weighted by atomic mass is 16.5. The average molecular weight is 358 g/mol. The number of hydrogen-bond acceptors (Lipinski definition) is 6. The van der Waals surface area contributed by atoms with Gasteiger partial charge in [0.05, 0.1) is 26.1 Å². The van der Waals surface area contributed by atoms with E-state index in [0.717, 1.165) is 30.1 Å². The lowest BCUT2D eigenvalue weighted by molar-refractivity contribution is 0.149. The zero-order valence-electron chi connectivity index (χ0n) is 15.9. The van der Waals surface area contributed by atoms with Crippen LogP contribution in [0.25, 0.3) is 0 Å². The fraction of sp³-hybridized carbons (Fsp3) is 0.474. The molecule has 2 heterocycles. The van der Waals surface area contributed by atoms with E-state index in [9.17, 15) is 4.79 Å². The van der Waals surface area contributed by atoms with Crippen LogP contribution in [0.15, 0.2) is 29.1 Å². The molecule has 0 spiro atoms. The Morgan fingerprint density at radius 3 is 2.65 bits per heavy atom. The molecule has 1 aromatic carbocycles. The lowest BCUT2D eigenvalue weighted by Gasteiger charge is -2.38. The Morgan fingerprint density at radius 2 is 1.92 bits per heavy atom. The first-order chi connectivity index (χ1) is 12.6. The maximum atomic E-state index is 12.9. The van der Waals surface area contributed by atoms with Crippen molar-refractivity contribution in [2.45, 2.75) is 26.9 Å². The summed E-state index contributed by atoms with van der Waals surface area (Å²) in [5.41, 5.74) is 2.35. The third kappa shape index (κ3) is 3.45. The van der Waals surface area contributed by atoms with Crippen LogP contribution >= 0.6 is 0 Å². The average Bonchev–Trinajstić information content (AvgIpc) is 2.66. The summed E-state index contributed by atoms with van der Waals surface area (Å²) in [6, 6.07) is 7.81. The topological polar surface area (TPSA) is 59.8 Å². The summed E-state index contributed by atoms with van der Waals surface area (Å²) in [7, 11) is 3.35. The smallest absolute Gasteiger partial charge is 0.259 e. The third-order valence-corrected chi connectivity index (χ3v) is 4.74. The van der Waals surface area contributed by atoms with Crippen molar-refractivity contribution < 1.29 is 9.47 Å². The quantitative estimate of drug-likeness (QED) is 0.739. The second-order valence-corrected chi connectivity index (χ2v) is 6.48. The number of para-hydroxylation sites is 2. The Balaban J connectivity index is 2.07. The summed E-state index contributed by atoms with van der Waals surface area (Å²) in [4.78, 5) is 21.8. The van der Waals surface area contributed by atoms with Crippen molar-refractivity contribution in [3.8, 4) is 5.75 Å². The molecule has 0 amide bonds.